The Balaban J connectivity index is 1.81. The van der Waals surface area contributed by atoms with Crippen molar-refractivity contribution in [2.24, 2.45) is 0 Å². The molecule has 0 fully saturated rings. The molecule has 0 saturated heterocycles. The Labute approximate surface area is 175 Å². The number of carboxylic acid groups (broad SMARTS) is 1. The van der Waals surface area contributed by atoms with E-state index in [0.717, 1.165) is 17.7 Å². The molecular weight excluding hydrogens is 405 g/mol. The molecule has 0 heterocycles. The Morgan fingerprint density at radius 1 is 0.867 bits per heavy atom. The normalized spacial score (nSPS) is 11.5. The first-order valence-electron chi connectivity index (χ1n) is 9.48. The van der Waals surface area contributed by atoms with Gasteiger partial charge < -0.3 is 5.11 Å². The van der Waals surface area contributed by atoms with Crippen molar-refractivity contribution >= 4 is 16.0 Å². The Morgan fingerprint density at radius 3 is 2.10 bits per heavy atom. The molecule has 30 heavy (non-hydrogen) atoms. The second kappa shape index (κ2) is 9.65. The van der Waals surface area contributed by atoms with Crippen molar-refractivity contribution in [1.29, 1.82) is 0 Å². The van der Waals surface area contributed by atoms with Crippen LogP contribution in [0, 0.1) is 5.82 Å². The monoisotopic (exact) mass is 427 g/mol. The number of hydrogen-bond donors (Lipinski definition) is 1. The fourth-order valence-corrected chi connectivity index (χ4v) is 4.57. The van der Waals surface area contributed by atoms with Crippen LogP contribution in [0.15, 0.2) is 83.8 Å². The van der Waals surface area contributed by atoms with Crippen molar-refractivity contribution < 1.29 is 22.7 Å². The fraction of sp³-hybridized carbons (Fsp3) is 0.174. The van der Waals surface area contributed by atoms with Crippen molar-refractivity contribution in [1.82, 2.24) is 4.31 Å². The molecule has 7 heteroatoms. The third-order valence-electron chi connectivity index (χ3n) is 4.73. The fourth-order valence-electron chi connectivity index (χ4n) is 3.10. The highest BCUT2D eigenvalue weighted by Gasteiger charge is 2.24. The van der Waals surface area contributed by atoms with Gasteiger partial charge in [-0.2, -0.15) is 4.31 Å². The van der Waals surface area contributed by atoms with Crippen molar-refractivity contribution in [3.8, 4) is 0 Å². The van der Waals surface area contributed by atoms with Gasteiger partial charge in [0.15, 0.2) is 0 Å². The van der Waals surface area contributed by atoms with Gasteiger partial charge in [-0.05, 0) is 60.4 Å². The van der Waals surface area contributed by atoms with E-state index in [4.69, 9.17) is 5.11 Å². The van der Waals surface area contributed by atoms with Gasteiger partial charge in [-0.15, -0.1) is 0 Å². The van der Waals surface area contributed by atoms with Crippen LogP contribution in [0.25, 0.3) is 0 Å². The summed E-state index contributed by atoms with van der Waals surface area (Å²) in [5.74, 6) is -1.55. The van der Waals surface area contributed by atoms with Gasteiger partial charge >= 0.3 is 5.97 Å². The third-order valence-corrected chi connectivity index (χ3v) is 6.59. The number of hydrogen-bond acceptors (Lipinski definition) is 3. The van der Waals surface area contributed by atoms with Crippen LogP contribution in [0.2, 0.25) is 0 Å². The van der Waals surface area contributed by atoms with Gasteiger partial charge in [0.25, 0.3) is 0 Å². The van der Waals surface area contributed by atoms with Gasteiger partial charge in [0.2, 0.25) is 10.0 Å². The van der Waals surface area contributed by atoms with E-state index < -0.39 is 21.8 Å². The summed E-state index contributed by atoms with van der Waals surface area (Å²) in [6.45, 7) is 0.365. The maximum atomic E-state index is 13.3. The molecule has 3 aromatic rings. The van der Waals surface area contributed by atoms with E-state index in [2.05, 4.69) is 0 Å². The van der Waals surface area contributed by atoms with Crippen LogP contribution >= 0.6 is 0 Å². The van der Waals surface area contributed by atoms with Gasteiger partial charge in [0.05, 0.1) is 10.5 Å². The molecule has 0 saturated carbocycles. The molecule has 3 aromatic carbocycles. The minimum atomic E-state index is -3.85. The van der Waals surface area contributed by atoms with Crippen LogP contribution in [0.1, 0.15) is 27.9 Å². The standard InChI is InChI=1S/C23H22FNO4S/c24-21-12-14-22(15-13-21)30(28,29)25(16-4-7-18-5-2-1-3-6-18)17-19-8-10-20(11-9-19)23(26)27/h1-3,5-6,8-15H,4,7,16-17H2,(H,26,27). The molecule has 0 radical (unpaired) electrons. The molecule has 0 spiro atoms. The predicted molar refractivity (Wildman–Crippen MR) is 112 cm³/mol. The highest BCUT2D eigenvalue weighted by Crippen LogP contribution is 2.20. The highest BCUT2D eigenvalue weighted by atomic mass is 32.2. The van der Waals surface area contributed by atoms with Crippen molar-refractivity contribution in [3.05, 3.63) is 101 Å². The van der Waals surface area contributed by atoms with E-state index in [-0.39, 0.29) is 23.5 Å². The minimum absolute atomic E-state index is 0.0192. The molecule has 3 rings (SSSR count). The van der Waals surface area contributed by atoms with Crippen LogP contribution < -0.4 is 0 Å². The second-order valence-corrected chi connectivity index (χ2v) is 8.82. The summed E-state index contributed by atoms with van der Waals surface area (Å²) < 4.78 is 41.0. The van der Waals surface area contributed by atoms with Crippen LogP contribution in [0.4, 0.5) is 4.39 Å². The summed E-state index contributed by atoms with van der Waals surface area (Å²) in [5.41, 5.74) is 1.92. The molecule has 1 N–H and O–H groups in total. The number of aromatic carboxylic acids is 1. The van der Waals surface area contributed by atoms with Gasteiger partial charge in [-0.25, -0.2) is 17.6 Å². The maximum absolute atomic E-state index is 13.3. The molecule has 0 aliphatic carbocycles. The zero-order valence-electron chi connectivity index (χ0n) is 16.2. The second-order valence-electron chi connectivity index (χ2n) is 6.88. The van der Waals surface area contributed by atoms with E-state index in [1.54, 1.807) is 12.1 Å². The zero-order valence-corrected chi connectivity index (χ0v) is 17.1. The van der Waals surface area contributed by atoms with Gasteiger partial charge in [0, 0.05) is 13.1 Å². The third kappa shape index (κ3) is 5.52. The quantitative estimate of drug-likeness (QED) is 0.551. The summed E-state index contributed by atoms with van der Waals surface area (Å²) in [4.78, 5) is 11.1. The summed E-state index contributed by atoms with van der Waals surface area (Å²) in [6, 6.07) is 20.6. The lowest BCUT2D eigenvalue weighted by Crippen LogP contribution is -2.32. The molecule has 5 nitrogen and oxygen atoms in total. The largest absolute Gasteiger partial charge is 0.478 e. The molecule has 156 valence electrons. The van der Waals surface area contributed by atoms with E-state index in [0.29, 0.717) is 18.4 Å². The number of carbonyl (C=O) groups is 1. The van der Waals surface area contributed by atoms with Crippen LogP contribution in [0.5, 0.6) is 0 Å². The molecule has 0 unspecified atom stereocenters. The van der Waals surface area contributed by atoms with E-state index in [1.807, 2.05) is 30.3 Å². The Hall–Kier alpha value is -3.03. The first-order chi connectivity index (χ1) is 14.4. The lowest BCUT2D eigenvalue weighted by molar-refractivity contribution is 0.0697. The van der Waals surface area contributed by atoms with Crippen molar-refractivity contribution in [3.63, 3.8) is 0 Å². The first kappa shape index (κ1) is 21.7. The zero-order chi connectivity index (χ0) is 21.6. The van der Waals surface area contributed by atoms with Gasteiger partial charge in [-0.3, -0.25) is 0 Å². The number of halogens is 1. The van der Waals surface area contributed by atoms with E-state index in [1.165, 1.54) is 28.6 Å². The predicted octanol–water partition coefficient (Wildman–Crippen LogP) is 4.35. The average Bonchev–Trinajstić information content (AvgIpc) is 2.74. The Morgan fingerprint density at radius 2 is 1.50 bits per heavy atom. The molecule has 0 aliphatic heterocycles. The molecule has 0 atom stereocenters. The van der Waals surface area contributed by atoms with Crippen LogP contribution in [-0.4, -0.2) is 30.3 Å². The Bertz CT molecular complexity index is 1080. The van der Waals surface area contributed by atoms with Crippen LogP contribution in [-0.2, 0) is 23.0 Å². The van der Waals surface area contributed by atoms with Gasteiger partial charge in [0.1, 0.15) is 5.82 Å². The number of carboxylic acids is 1. The first-order valence-corrected chi connectivity index (χ1v) is 10.9. The smallest absolute Gasteiger partial charge is 0.335 e. The summed E-state index contributed by atoms with van der Waals surface area (Å²) in [7, 11) is -3.85. The van der Waals surface area contributed by atoms with Crippen molar-refractivity contribution in [2.45, 2.75) is 24.3 Å². The lowest BCUT2D eigenvalue weighted by Gasteiger charge is -2.22. The average molecular weight is 427 g/mol. The SMILES string of the molecule is O=C(O)c1ccc(CN(CCCc2ccccc2)S(=O)(=O)c2ccc(F)cc2)cc1. The van der Waals surface area contributed by atoms with Crippen LogP contribution in [0.3, 0.4) is 0 Å². The maximum Gasteiger partial charge on any atom is 0.335 e. The van der Waals surface area contributed by atoms with E-state index in [9.17, 15) is 17.6 Å². The number of sulfonamides is 1. The number of benzene rings is 3. The number of rotatable bonds is 9. The van der Waals surface area contributed by atoms with E-state index >= 15 is 0 Å². The topological polar surface area (TPSA) is 74.7 Å². The summed E-state index contributed by atoms with van der Waals surface area (Å²) in [5, 5.41) is 9.05. The Kier molecular flexibility index (Phi) is 6.97. The lowest BCUT2D eigenvalue weighted by atomic mass is 10.1. The summed E-state index contributed by atoms with van der Waals surface area (Å²) in [6.07, 6.45) is 1.33. The molecule has 0 aromatic heterocycles. The highest BCUT2D eigenvalue weighted by molar-refractivity contribution is 7.89. The minimum Gasteiger partial charge on any atom is -0.478 e. The molecular formula is C23H22FNO4S. The molecule has 0 bridgehead atoms. The number of nitrogens with zero attached hydrogens (tertiary/aromatic N) is 1. The molecule has 0 aliphatic rings. The summed E-state index contributed by atoms with van der Waals surface area (Å²) >= 11 is 0. The van der Waals surface area contributed by atoms with Crippen molar-refractivity contribution in [2.75, 3.05) is 6.54 Å². The number of aryl methyl sites for hydroxylation is 1. The molecule has 0 amide bonds. The van der Waals surface area contributed by atoms with Gasteiger partial charge in [-0.1, -0.05) is 42.5 Å².